The molecule has 2 aromatic rings. The summed E-state index contributed by atoms with van der Waals surface area (Å²) in [4.78, 5) is 24.6. The topological polar surface area (TPSA) is 57.5 Å². The third kappa shape index (κ3) is 3.42. The molecule has 0 atom stereocenters. The van der Waals surface area contributed by atoms with Crippen LogP contribution in [0.3, 0.4) is 0 Å². The molecule has 0 N–H and O–H groups in total. The summed E-state index contributed by atoms with van der Waals surface area (Å²) < 4.78 is 11.6. The van der Waals surface area contributed by atoms with Gasteiger partial charge in [0.05, 0.1) is 12.1 Å². The molecule has 2 rings (SSSR count). The highest BCUT2D eigenvalue weighted by atomic mass is 35.5. The molecule has 0 aliphatic rings. The first-order valence-electron chi connectivity index (χ1n) is 6.94. The van der Waals surface area contributed by atoms with Crippen molar-refractivity contribution in [1.29, 1.82) is 0 Å². The Morgan fingerprint density at radius 1 is 1.23 bits per heavy atom. The molecule has 5 nitrogen and oxygen atoms in total. The van der Waals surface area contributed by atoms with Crippen molar-refractivity contribution < 1.29 is 19.1 Å². The van der Waals surface area contributed by atoms with Gasteiger partial charge < -0.3 is 9.47 Å². The van der Waals surface area contributed by atoms with Gasteiger partial charge in [0.25, 0.3) is 0 Å². The van der Waals surface area contributed by atoms with E-state index in [1.54, 1.807) is 52.0 Å². The normalized spacial score (nSPS) is 11.5. The molecule has 1 heterocycles. The quantitative estimate of drug-likeness (QED) is 0.775. The molecule has 0 aliphatic heterocycles. The Kier molecular flexibility index (Phi) is 4.47. The van der Waals surface area contributed by atoms with Gasteiger partial charge in [0.15, 0.2) is 0 Å². The SMILES string of the molecule is CCOC(=O)n1c(C(=O)OC(C)(C)C)cc2cc(Cl)ccc21. The Balaban J connectivity index is 2.58. The van der Waals surface area contributed by atoms with Crippen LogP contribution in [0.5, 0.6) is 0 Å². The second-order valence-electron chi connectivity index (χ2n) is 5.77. The number of aromatic nitrogens is 1. The van der Waals surface area contributed by atoms with E-state index < -0.39 is 17.7 Å². The second-order valence-corrected chi connectivity index (χ2v) is 6.21. The predicted octanol–water partition coefficient (Wildman–Crippen LogP) is 4.25. The van der Waals surface area contributed by atoms with Crippen molar-refractivity contribution in [2.24, 2.45) is 0 Å². The average molecular weight is 324 g/mol. The lowest BCUT2D eigenvalue weighted by atomic mass is 10.2. The van der Waals surface area contributed by atoms with Gasteiger partial charge in [-0.1, -0.05) is 11.6 Å². The summed E-state index contributed by atoms with van der Waals surface area (Å²) in [5, 5.41) is 1.19. The zero-order chi connectivity index (χ0) is 16.5. The first-order valence-corrected chi connectivity index (χ1v) is 7.32. The summed E-state index contributed by atoms with van der Waals surface area (Å²) in [6.07, 6.45) is -0.624. The van der Waals surface area contributed by atoms with Gasteiger partial charge in [-0.25, -0.2) is 14.2 Å². The third-order valence-corrected chi connectivity index (χ3v) is 3.06. The summed E-state index contributed by atoms with van der Waals surface area (Å²) >= 11 is 5.97. The van der Waals surface area contributed by atoms with E-state index in [4.69, 9.17) is 21.1 Å². The fourth-order valence-corrected chi connectivity index (χ4v) is 2.23. The number of carbonyl (C=O) groups excluding carboxylic acids is 2. The van der Waals surface area contributed by atoms with E-state index >= 15 is 0 Å². The van der Waals surface area contributed by atoms with Gasteiger partial charge >= 0.3 is 12.1 Å². The van der Waals surface area contributed by atoms with Gasteiger partial charge in [-0.3, -0.25) is 0 Å². The van der Waals surface area contributed by atoms with Crippen LogP contribution in [0, 0.1) is 0 Å². The van der Waals surface area contributed by atoms with Crippen LogP contribution in [0.1, 0.15) is 38.2 Å². The number of ether oxygens (including phenoxy) is 2. The fraction of sp³-hybridized carbons (Fsp3) is 0.375. The van der Waals surface area contributed by atoms with Crippen LogP contribution in [0.2, 0.25) is 5.02 Å². The lowest BCUT2D eigenvalue weighted by molar-refractivity contribution is 0.00576. The molecule has 1 aromatic heterocycles. The molecular weight excluding hydrogens is 306 g/mol. The van der Waals surface area contributed by atoms with Crippen LogP contribution in [0.25, 0.3) is 10.9 Å². The molecule has 0 bridgehead atoms. The van der Waals surface area contributed by atoms with Crippen LogP contribution in [-0.4, -0.2) is 28.8 Å². The van der Waals surface area contributed by atoms with E-state index in [-0.39, 0.29) is 12.3 Å². The van der Waals surface area contributed by atoms with E-state index in [2.05, 4.69) is 0 Å². The van der Waals surface area contributed by atoms with Gasteiger partial charge in [-0.2, -0.15) is 0 Å². The molecule has 0 radical (unpaired) electrons. The molecule has 0 fully saturated rings. The number of hydrogen-bond acceptors (Lipinski definition) is 4. The number of fused-ring (bicyclic) bond motifs is 1. The fourth-order valence-electron chi connectivity index (χ4n) is 2.05. The molecule has 22 heavy (non-hydrogen) atoms. The van der Waals surface area contributed by atoms with Crippen LogP contribution in [-0.2, 0) is 9.47 Å². The molecule has 6 heteroatoms. The van der Waals surface area contributed by atoms with E-state index in [0.29, 0.717) is 15.9 Å². The van der Waals surface area contributed by atoms with E-state index in [1.165, 1.54) is 4.57 Å². The number of nitrogens with zero attached hydrogens (tertiary/aromatic N) is 1. The summed E-state index contributed by atoms with van der Waals surface area (Å²) in [6, 6.07) is 6.58. The average Bonchev–Trinajstić information content (AvgIpc) is 2.75. The molecule has 0 saturated carbocycles. The van der Waals surface area contributed by atoms with Crippen molar-refractivity contribution in [2.45, 2.75) is 33.3 Å². The van der Waals surface area contributed by atoms with Gasteiger partial charge in [0.1, 0.15) is 11.3 Å². The minimum atomic E-state index is -0.662. The van der Waals surface area contributed by atoms with Crippen LogP contribution in [0.15, 0.2) is 24.3 Å². The molecule has 0 amide bonds. The maximum absolute atomic E-state index is 12.4. The van der Waals surface area contributed by atoms with E-state index in [9.17, 15) is 9.59 Å². The van der Waals surface area contributed by atoms with Crippen molar-refractivity contribution in [3.8, 4) is 0 Å². The molecular formula is C16H18ClNO4. The first kappa shape index (κ1) is 16.4. The Bertz CT molecular complexity index is 728. The predicted molar refractivity (Wildman–Crippen MR) is 84.5 cm³/mol. The third-order valence-electron chi connectivity index (χ3n) is 2.82. The molecule has 0 aliphatic carbocycles. The molecule has 0 saturated heterocycles. The summed E-state index contributed by atoms with van der Waals surface area (Å²) in [6.45, 7) is 7.20. The number of halogens is 1. The van der Waals surface area contributed by atoms with Gasteiger partial charge in [0, 0.05) is 10.4 Å². The van der Waals surface area contributed by atoms with E-state index in [1.807, 2.05) is 0 Å². The zero-order valence-electron chi connectivity index (χ0n) is 13.0. The number of esters is 1. The number of rotatable bonds is 2. The van der Waals surface area contributed by atoms with Gasteiger partial charge in [0.2, 0.25) is 0 Å². The molecule has 118 valence electrons. The van der Waals surface area contributed by atoms with E-state index in [0.717, 1.165) is 0 Å². The highest BCUT2D eigenvalue weighted by Gasteiger charge is 2.25. The standard InChI is InChI=1S/C16H18ClNO4/c1-5-21-15(20)18-12-7-6-11(17)8-10(12)9-13(18)14(19)22-16(2,3)4/h6-9H,5H2,1-4H3. The molecule has 0 spiro atoms. The lowest BCUT2D eigenvalue weighted by Crippen LogP contribution is -2.27. The van der Waals surface area contributed by atoms with Gasteiger partial charge in [-0.15, -0.1) is 0 Å². The summed E-state index contributed by atoms with van der Waals surface area (Å²) in [5.74, 6) is -0.590. The monoisotopic (exact) mass is 323 g/mol. The number of carbonyl (C=O) groups is 2. The van der Waals surface area contributed by atoms with Crippen molar-refractivity contribution in [3.63, 3.8) is 0 Å². The van der Waals surface area contributed by atoms with Crippen molar-refractivity contribution in [3.05, 3.63) is 35.0 Å². The van der Waals surface area contributed by atoms with Gasteiger partial charge in [-0.05, 0) is 52.0 Å². The van der Waals surface area contributed by atoms with Crippen LogP contribution >= 0.6 is 11.6 Å². The highest BCUT2D eigenvalue weighted by molar-refractivity contribution is 6.31. The molecule has 0 unspecified atom stereocenters. The minimum Gasteiger partial charge on any atom is -0.455 e. The maximum atomic E-state index is 12.4. The Morgan fingerprint density at radius 3 is 2.50 bits per heavy atom. The number of hydrogen-bond donors (Lipinski definition) is 0. The second kappa shape index (κ2) is 6.01. The Morgan fingerprint density at radius 2 is 1.91 bits per heavy atom. The first-order chi connectivity index (χ1) is 10.2. The lowest BCUT2D eigenvalue weighted by Gasteiger charge is -2.19. The Hall–Kier alpha value is -2.01. The van der Waals surface area contributed by atoms with Crippen molar-refractivity contribution >= 4 is 34.6 Å². The largest absolute Gasteiger partial charge is 0.455 e. The minimum absolute atomic E-state index is 0.116. The Labute approximate surface area is 133 Å². The maximum Gasteiger partial charge on any atom is 0.419 e. The summed E-state index contributed by atoms with van der Waals surface area (Å²) in [5.41, 5.74) is -0.000594. The number of benzene rings is 1. The molecule has 1 aromatic carbocycles. The highest BCUT2D eigenvalue weighted by Crippen LogP contribution is 2.25. The zero-order valence-corrected chi connectivity index (χ0v) is 13.7. The van der Waals surface area contributed by atoms with Crippen molar-refractivity contribution in [1.82, 2.24) is 4.57 Å². The smallest absolute Gasteiger partial charge is 0.419 e. The van der Waals surface area contributed by atoms with Crippen LogP contribution < -0.4 is 0 Å². The summed E-state index contributed by atoms with van der Waals surface area (Å²) in [7, 11) is 0. The van der Waals surface area contributed by atoms with Crippen LogP contribution in [0.4, 0.5) is 4.79 Å². The van der Waals surface area contributed by atoms with Crippen molar-refractivity contribution in [2.75, 3.05) is 6.61 Å².